The number of fused-ring (bicyclic) bond motifs is 1. The Labute approximate surface area is 79.6 Å². The zero-order chi connectivity index (χ0) is 9.42. The quantitative estimate of drug-likeness (QED) is 0.639. The molecule has 0 aliphatic heterocycles. The van der Waals surface area contributed by atoms with Crippen molar-refractivity contribution in [3.05, 3.63) is 45.5 Å². The van der Waals surface area contributed by atoms with E-state index in [-0.39, 0.29) is 10.6 Å². The van der Waals surface area contributed by atoms with Gasteiger partial charge in [-0.15, -0.1) is 0 Å². The van der Waals surface area contributed by atoms with Crippen molar-refractivity contribution in [2.45, 2.75) is 6.92 Å². The van der Waals surface area contributed by atoms with E-state index in [9.17, 15) is 4.79 Å². The second-order valence-corrected chi connectivity index (χ2v) is 3.12. The molecule has 0 atom stereocenters. The summed E-state index contributed by atoms with van der Waals surface area (Å²) in [6.45, 7) is 1.72. The number of rotatable bonds is 0. The van der Waals surface area contributed by atoms with Gasteiger partial charge < -0.3 is 0 Å². The first kappa shape index (κ1) is 8.26. The fraction of sp³-hybridized carbons (Fsp3) is 0.111. The van der Waals surface area contributed by atoms with E-state index in [1.54, 1.807) is 25.3 Å². The summed E-state index contributed by atoms with van der Waals surface area (Å²) in [6.07, 6.45) is 1.65. The maximum Gasteiger partial charge on any atom is 0.276 e. The molecule has 0 fully saturated rings. The minimum Gasteiger partial charge on any atom is -0.267 e. The third-order valence-corrected chi connectivity index (χ3v) is 2.28. The van der Waals surface area contributed by atoms with Crippen molar-refractivity contribution < 1.29 is 0 Å². The van der Waals surface area contributed by atoms with Crippen LogP contribution in [0.1, 0.15) is 5.69 Å². The number of pyridine rings is 1. The average molecular weight is 195 g/mol. The molecule has 2 aromatic heterocycles. The molecule has 0 spiro atoms. The lowest BCUT2D eigenvalue weighted by Gasteiger charge is -2.01. The Morgan fingerprint density at radius 2 is 2.23 bits per heavy atom. The molecule has 66 valence electrons. The maximum atomic E-state index is 11.5. The molecule has 0 unspecified atom stereocenters. The summed E-state index contributed by atoms with van der Waals surface area (Å²) < 4.78 is 1.43. The van der Waals surface area contributed by atoms with Gasteiger partial charge in [0.2, 0.25) is 0 Å². The highest BCUT2D eigenvalue weighted by Crippen LogP contribution is 2.07. The standard InChI is InChI=1S/C9H7ClN2O/c1-6-8(10)9(13)12-5-3-2-4-7(12)11-6/h2-5H,1H3. The van der Waals surface area contributed by atoms with Crippen LogP contribution < -0.4 is 5.56 Å². The second kappa shape index (κ2) is 2.85. The molecule has 0 saturated carbocycles. The molecule has 4 heteroatoms. The molecule has 0 aliphatic rings. The van der Waals surface area contributed by atoms with E-state index in [0.29, 0.717) is 11.3 Å². The summed E-state index contributed by atoms with van der Waals surface area (Å²) in [7, 11) is 0. The topological polar surface area (TPSA) is 34.4 Å². The molecular weight excluding hydrogens is 188 g/mol. The normalized spacial score (nSPS) is 10.6. The number of aryl methyl sites for hydroxylation is 1. The van der Waals surface area contributed by atoms with Crippen LogP contribution in [-0.4, -0.2) is 9.38 Å². The van der Waals surface area contributed by atoms with Crippen LogP contribution in [0, 0.1) is 6.92 Å². The van der Waals surface area contributed by atoms with Gasteiger partial charge in [-0.2, -0.15) is 0 Å². The molecule has 0 saturated heterocycles. The Kier molecular flexibility index (Phi) is 1.81. The van der Waals surface area contributed by atoms with Crippen LogP contribution in [0.3, 0.4) is 0 Å². The van der Waals surface area contributed by atoms with Crippen LogP contribution in [0.15, 0.2) is 29.2 Å². The van der Waals surface area contributed by atoms with Crippen LogP contribution in [0.2, 0.25) is 5.02 Å². The van der Waals surface area contributed by atoms with Gasteiger partial charge in [-0.1, -0.05) is 17.7 Å². The van der Waals surface area contributed by atoms with Crippen molar-refractivity contribution in [3.63, 3.8) is 0 Å². The number of hydrogen-bond donors (Lipinski definition) is 0. The molecule has 0 aromatic carbocycles. The zero-order valence-corrected chi connectivity index (χ0v) is 7.75. The van der Waals surface area contributed by atoms with E-state index in [1.807, 2.05) is 6.07 Å². The highest BCUT2D eigenvalue weighted by atomic mass is 35.5. The third-order valence-electron chi connectivity index (χ3n) is 1.84. The smallest absolute Gasteiger partial charge is 0.267 e. The minimum absolute atomic E-state index is 0.184. The Balaban J connectivity index is 3.03. The monoisotopic (exact) mass is 194 g/mol. The van der Waals surface area contributed by atoms with E-state index >= 15 is 0 Å². The van der Waals surface area contributed by atoms with Gasteiger partial charge in [-0.3, -0.25) is 9.20 Å². The summed E-state index contributed by atoms with van der Waals surface area (Å²) in [5.74, 6) is 0. The van der Waals surface area contributed by atoms with Crippen LogP contribution >= 0.6 is 11.6 Å². The van der Waals surface area contributed by atoms with Gasteiger partial charge in [0.05, 0.1) is 5.69 Å². The fourth-order valence-corrected chi connectivity index (χ4v) is 1.31. The number of aromatic nitrogens is 2. The molecule has 2 heterocycles. The average Bonchev–Trinajstić information content (AvgIpc) is 2.15. The van der Waals surface area contributed by atoms with Crippen LogP contribution in [0.5, 0.6) is 0 Å². The Hall–Kier alpha value is -1.35. The van der Waals surface area contributed by atoms with Gasteiger partial charge in [0, 0.05) is 6.20 Å². The van der Waals surface area contributed by atoms with Gasteiger partial charge in [0.25, 0.3) is 5.56 Å². The number of nitrogens with zero attached hydrogens (tertiary/aromatic N) is 2. The molecule has 13 heavy (non-hydrogen) atoms. The molecule has 2 aromatic rings. The SMILES string of the molecule is Cc1nc2ccccn2c(=O)c1Cl. The fourth-order valence-electron chi connectivity index (χ4n) is 1.18. The first-order valence-electron chi connectivity index (χ1n) is 3.83. The van der Waals surface area contributed by atoms with E-state index in [2.05, 4.69) is 4.98 Å². The largest absolute Gasteiger partial charge is 0.276 e. The van der Waals surface area contributed by atoms with Crippen molar-refractivity contribution in [2.75, 3.05) is 0 Å². The summed E-state index contributed by atoms with van der Waals surface area (Å²) in [5, 5.41) is 0.184. The lowest BCUT2D eigenvalue weighted by atomic mass is 10.4. The van der Waals surface area contributed by atoms with Crippen molar-refractivity contribution in [3.8, 4) is 0 Å². The molecule has 0 aliphatic carbocycles. The van der Waals surface area contributed by atoms with E-state index in [4.69, 9.17) is 11.6 Å². The number of hydrogen-bond acceptors (Lipinski definition) is 2. The third kappa shape index (κ3) is 1.21. The molecule has 3 nitrogen and oxygen atoms in total. The number of halogens is 1. The lowest BCUT2D eigenvalue weighted by Crippen LogP contribution is -2.16. The maximum absolute atomic E-state index is 11.5. The Morgan fingerprint density at radius 1 is 1.46 bits per heavy atom. The first-order chi connectivity index (χ1) is 6.20. The molecule has 0 amide bonds. The Bertz CT molecular complexity index is 518. The van der Waals surface area contributed by atoms with Gasteiger partial charge in [0.1, 0.15) is 10.7 Å². The predicted molar refractivity (Wildman–Crippen MR) is 51.2 cm³/mol. The highest BCUT2D eigenvalue weighted by Gasteiger charge is 2.05. The lowest BCUT2D eigenvalue weighted by molar-refractivity contribution is 1.02. The van der Waals surface area contributed by atoms with Gasteiger partial charge in [-0.05, 0) is 19.1 Å². The van der Waals surface area contributed by atoms with E-state index in [1.165, 1.54) is 4.40 Å². The zero-order valence-electron chi connectivity index (χ0n) is 6.99. The summed E-state index contributed by atoms with van der Waals surface area (Å²) >= 11 is 5.76. The van der Waals surface area contributed by atoms with E-state index in [0.717, 1.165) is 0 Å². The van der Waals surface area contributed by atoms with Gasteiger partial charge in [0.15, 0.2) is 0 Å². The van der Waals surface area contributed by atoms with Crippen LogP contribution in [-0.2, 0) is 0 Å². The van der Waals surface area contributed by atoms with Crippen molar-refractivity contribution >= 4 is 17.2 Å². The summed E-state index contributed by atoms with van der Waals surface area (Å²) in [5.41, 5.74) is 0.969. The molecule has 2 rings (SSSR count). The highest BCUT2D eigenvalue weighted by molar-refractivity contribution is 6.31. The first-order valence-corrected chi connectivity index (χ1v) is 4.21. The van der Waals surface area contributed by atoms with Gasteiger partial charge in [-0.25, -0.2) is 4.98 Å². The summed E-state index contributed by atoms with van der Waals surface area (Å²) in [4.78, 5) is 15.7. The molecule has 0 N–H and O–H groups in total. The molecular formula is C9H7ClN2O. The minimum atomic E-state index is -0.218. The predicted octanol–water partition coefficient (Wildman–Crippen LogP) is 1.66. The summed E-state index contributed by atoms with van der Waals surface area (Å²) in [6, 6.07) is 5.36. The van der Waals surface area contributed by atoms with Crippen molar-refractivity contribution in [2.24, 2.45) is 0 Å². The van der Waals surface area contributed by atoms with Crippen LogP contribution in [0.25, 0.3) is 5.65 Å². The Morgan fingerprint density at radius 3 is 3.00 bits per heavy atom. The van der Waals surface area contributed by atoms with Crippen molar-refractivity contribution in [1.29, 1.82) is 0 Å². The molecule has 0 radical (unpaired) electrons. The van der Waals surface area contributed by atoms with Gasteiger partial charge >= 0.3 is 0 Å². The molecule has 0 bridgehead atoms. The van der Waals surface area contributed by atoms with Crippen molar-refractivity contribution in [1.82, 2.24) is 9.38 Å². The van der Waals surface area contributed by atoms with E-state index < -0.39 is 0 Å². The second-order valence-electron chi connectivity index (χ2n) is 2.75. The van der Waals surface area contributed by atoms with Crippen LogP contribution in [0.4, 0.5) is 0 Å².